The van der Waals surface area contributed by atoms with Gasteiger partial charge in [0, 0.05) is 18.3 Å². The van der Waals surface area contributed by atoms with Gasteiger partial charge in [-0.1, -0.05) is 13.8 Å². The molecule has 4 nitrogen and oxygen atoms in total. The lowest BCUT2D eigenvalue weighted by molar-refractivity contribution is 0.405. The number of ether oxygens (including phenoxy) is 1. The normalized spacial score (nSPS) is 10.9. The van der Waals surface area contributed by atoms with Crippen LogP contribution in [-0.2, 0) is 6.54 Å². The molecule has 0 saturated heterocycles. The van der Waals surface area contributed by atoms with Crippen LogP contribution in [0, 0.1) is 5.92 Å². The molecule has 0 spiro atoms. The molecule has 0 amide bonds. The van der Waals surface area contributed by atoms with Crippen molar-refractivity contribution in [2.24, 2.45) is 5.92 Å². The second kappa shape index (κ2) is 8.89. The van der Waals surface area contributed by atoms with Gasteiger partial charge in [-0.3, -0.25) is 4.98 Å². The van der Waals surface area contributed by atoms with Crippen molar-refractivity contribution < 1.29 is 4.74 Å². The summed E-state index contributed by atoms with van der Waals surface area (Å²) in [6, 6.07) is 1.99. The maximum Gasteiger partial charge on any atom is 0.141 e. The Morgan fingerprint density at radius 1 is 1.28 bits per heavy atom. The highest BCUT2D eigenvalue weighted by Crippen LogP contribution is 2.14. The van der Waals surface area contributed by atoms with Crippen molar-refractivity contribution in [3.8, 4) is 5.75 Å². The Labute approximate surface area is 110 Å². The van der Waals surface area contributed by atoms with Crippen LogP contribution in [0.5, 0.6) is 5.75 Å². The third-order valence-electron chi connectivity index (χ3n) is 2.67. The number of methoxy groups -OCH3 is 1. The Hall–Kier alpha value is -1.13. The zero-order valence-electron chi connectivity index (χ0n) is 11.7. The second-order valence-corrected chi connectivity index (χ2v) is 4.82. The Balaban J connectivity index is 2.10. The number of nitrogens with one attached hydrogen (secondary N) is 2. The van der Waals surface area contributed by atoms with Crippen LogP contribution in [0.4, 0.5) is 0 Å². The van der Waals surface area contributed by atoms with Crippen molar-refractivity contribution in [3.63, 3.8) is 0 Å². The van der Waals surface area contributed by atoms with E-state index in [1.54, 1.807) is 19.5 Å². The number of hydrogen-bond acceptors (Lipinski definition) is 4. The van der Waals surface area contributed by atoms with E-state index in [2.05, 4.69) is 29.5 Å². The molecule has 2 N–H and O–H groups in total. The Kier molecular flexibility index (Phi) is 7.37. The number of pyridine rings is 1. The van der Waals surface area contributed by atoms with Crippen LogP contribution in [0.15, 0.2) is 18.5 Å². The third kappa shape index (κ3) is 5.98. The molecule has 1 aromatic heterocycles. The molecule has 1 rings (SSSR count). The quantitative estimate of drug-likeness (QED) is 0.657. The number of rotatable bonds is 9. The summed E-state index contributed by atoms with van der Waals surface area (Å²) in [6.07, 6.45) is 4.69. The van der Waals surface area contributed by atoms with E-state index in [0.717, 1.165) is 49.8 Å². The third-order valence-corrected chi connectivity index (χ3v) is 2.67. The average Bonchev–Trinajstić information content (AvgIpc) is 2.37. The summed E-state index contributed by atoms with van der Waals surface area (Å²) in [7, 11) is 1.68. The van der Waals surface area contributed by atoms with Gasteiger partial charge in [0.2, 0.25) is 0 Å². The molecular weight excluding hydrogens is 226 g/mol. The van der Waals surface area contributed by atoms with E-state index >= 15 is 0 Å². The van der Waals surface area contributed by atoms with Crippen molar-refractivity contribution in [1.29, 1.82) is 0 Å². The fourth-order valence-electron chi connectivity index (χ4n) is 1.69. The van der Waals surface area contributed by atoms with Gasteiger partial charge in [0.15, 0.2) is 0 Å². The second-order valence-electron chi connectivity index (χ2n) is 4.82. The minimum Gasteiger partial charge on any atom is -0.495 e. The molecule has 18 heavy (non-hydrogen) atoms. The van der Waals surface area contributed by atoms with Gasteiger partial charge in [-0.25, -0.2) is 0 Å². The van der Waals surface area contributed by atoms with E-state index in [-0.39, 0.29) is 0 Å². The summed E-state index contributed by atoms with van der Waals surface area (Å²) in [4.78, 5) is 4.04. The maximum atomic E-state index is 5.25. The largest absolute Gasteiger partial charge is 0.495 e. The molecule has 1 heterocycles. The van der Waals surface area contributed by atoms with Crippen LogP contribution < -0.4 is 15.4 Å². The lowest BCUT2D eigenvalue weighted by atomic mass is 10.2. The summed E-state index contributed by atoms with van der Waals surface area (Å²) in [5, 5.41) is 6.85. The Morgan fingerprint density at radius 3 is 2.78 bits per heavy atom. The van der Waals surface area contributed by atoms with Gasteiger partial charge in [0.25, 0.3) is 0 Å². The van der Waals surface area contributed by atoms with Gasteiger partial charge in [-0.15, -0.1) is 0 Å². The molecule has 0 aliphatic carbocycles. The summed E-state index contributed by atoms with van der Waals surface area (Å²) < 4.78 is 5.25. The summed E-state index contributed by atoms with van der Waals surface area (Å²) >= 11 is 0. The van der Waals surface area contributed by atoms with E-state index in [1.165, 1.54) is 0 Å². The predicted octanol–water partition coefficient (Wildman–Crippen LogP) is 1.82. The molecule has 0 unspecified atom stereocenters. The van der Waals surface area contributed by atoms with Gasteiger partial charge in [0.05, 0.1) is 13.3 Å². The van der Waals surface area contributed by atoms with Gasteiger partial charge in [-0.2, -0.15) is 0 Å². The minimum atomic E-state index is 0.721. The molecule has 0 radical (unpaired) electrons. The van der Waals surface area contributed by atoms with Crippen molar-refractivity contribution >= 4 is 0 Å². The molecule has 0 aliphatic rings. The molecule has 0 aromatic carbocycles. The first-order valence-corrected chi connectivity index (χ1v) is 6.62. The number of nitrogens with zero attached hydrogens (tertiary/aromatic N) is 1. The highest BCUT2D eigenvalue weighted by molar-refractivity contribution is 5.29. The van der Waals surface area contributed by atoms with E-state index in [1.807, 2.05) is 6.07 Å². The first-order valence-electron chi connectivity index (χ1n) is 6.62. The molecule has 1 aromatic rings. The highest BCUT2D eigenvalue weighted by atomic mass is 16.5. The van der Waals surface area contributed by atoms with Gasteiger partial charge in [-0.05, 0) is 38.0 Å². The fourth-order valence-corrected chi connectivity index (χ4v) is 1.69. The monoisotopic (exact) mass is 251 g/mol. The van der Waals surface area contributed by atoms with Crippen LogP contribution >= 0.6 is 0 Å². The van der Waals surface area contributed by atoms with E-state index in [0.29, 0.717) is 0 Å². The Morgan fingerprint density at radius 2 is 2.06 bits per heavy atom. The van der Waals surface area contributed by atoms with Gasteiger partial charge in [0.1, 0.15) is 5.75 Å². The predicted molar refractivity (Wildman–Crippen MR) is 74.8 cm³/mol. The zero-order chi connectivity index (χ0) is 13.2. The maximum absolute atomic E-state index is 5.25. The van der Waals surface area contributed by atoms with Crippen LogP contribution in [0.2, 0.25) is 0 Å². The minimum absolute atomic E-state index is 0.721. The van der Waals surface area contributed by atoms with E-state index in [4.69, 9.17) is 4.74 Å². The van der Waals surface area contributed by atoms with Crippen molar-refractivity contribution in [2.75, 3.05) is 26.7 Å². The average molecular weight is 251 g/mol. The van der Waals surface area contributed by atoms with Crippen LogP contribution in [0.3, 0.4) is 0 Å². The molecule has 0 fully saturated rings. The molecule has 0 bridgehead atoms. The zero-order valence-corrected chi connectivity index (χ0v) is 11.7. The lowest BCUT2D eigenvalue weighted by Crippen LogP contribution is -2.24. The van der Waals surface area contributed by atoms with E-state index < -0.39 is 0 Å². The topological polar surface area (TPSA) is 46.2 Å². The molecule has 0 aliphatic heterocycles. The molecule has 4 heteroatoms. The first-order chi connectivity index (χ1) is 8.74. The standard InChI is InChI=1S/C14H25N3O/c1-12(2)9-15-6-4-7-16-10-13-5-8-17-11-14(13)18-3/h5,8,11-12,15-16H,4,6-7,9-10H2,1-3H3. The SMILES string of the molecule is COc1cnccc1CNCCCNCC(C)C. The summed E-state index contributed by atoms with van der Waals surface area (Å²) in [5.74, 6) is 1.57. The number of aromatic nitrogens is 1. The molecule has 0 saturated carbocycles. The molecule has 0 atom stereocenters. The lowest BCUT2D eigenvalue weighted by Gasteiger charge is -2.10. The Bertz CT molecular complexity index is 329. The van der Waals surface area contributed by atoms with Crippen molar-refractivity contribution in [3.05, 3.63) is 24.0 Å². The summed E-state index contributed by atoms with van der Waals surface area (Å²) in [5.41, 5.74) is 1.16. The molecule has 102 valence electrons. The van der Waals surface area contributed by atoms with E-state index in [9.17, 15) is 0 Å². The fraction of sp³-hybridized carbons (Fsp3) is 0.643. The summed E-state index contributed by atoms with van der Waals surface area (Å²) in [6.45, 7) is 8.45. The van der Waals surface area contributed by atoms with Crippen LogP contribution in [-0.4, -0.2) is 31.7 Å². The van der Waals surface area contributed by atoms with Gasteiger partial charge >= 0.3 is 0 Å². The number of hydrogen-bond donors (Lipinski definition) is 2. The molecular formula is C14H25N3O. The van der Waals surface area contributed by atoms with Crippen LogP contribution in [0.1, 0.15) is 25.8 Å². The van der Waals surface area contributed by atoms with Gasteiger partial charge < -0.3 is 15.4 Å². The first kappa shape index (κ1) is 14.9. The smallest absolute Gasteiger partial charge is 0.141 e. The van der Waals surface area contributed by atoms with Crippen molar-refractivity contribution in [1.82, 2.24) is 15.6 Å². The van der Waals surface area contributed by atoms with Crippen LogP contribution in [0.25, 0.3) is 0 Å². The highest BCUT2D eigenvalue weighted by Gasteiger charge is 2.00. The van der Waals surface area contributed by atoms with Crippen molar-refractivity contribution in [2.45, 2.75) is 26.8 Å².